The van der Waals surface area contributed by atoms with Crippen molar-refractivity contribution in [2.45, 2.75) is 32.6 Å². The van der Waals surface area contributed by atoms with E-state index in [1.165, 1.54) is 18.2 Å². The van der Waals surface area contributed by atoms with Gasteiger partial charge in [-0.25, -0.2) is 13.2 Å². The molecule has 0 radical (unpaired) electrons. The van der Waals surface area contributed by atoms with E-state index in [9.17, 15) is 13.2 Å². The molecule has 0 N–H and O–H groups in total. The normalized spacial score (nSPS) is 12.4. The molecule has 0 heterocycles. The monoisotopic (exact) mass is 406 g/mol. The fourth-order valence-corrected chi connectivity index (χ4v) is 3.41. The number of allylic oxidation sites excluding steroid dienone is 3. The second-order valence-electron chi connectivity index (χ2n) is 7.24. The Hall–Kier alpha value is -3.07. The molecule has 0 bridgehead atoms. The van der Waals surface area contributed by atoms with Gasteiger partial charge in [0.2, 0.25) is 0 Å². The fourth-order valence-electron chi connectivity index (χ4n) is 3.41. The minimum atomic E-state index is -1.19. The zero-order chi connectivity index (χ0) is 21.5. The van der Waals surface area contributed by atoms with Gasteiger partial charge in [-0.3, -0.25) is 0 Å². The maximum absolute atomic E-state index is 15.0. The third-order valence-electron chi connectivity index (χ3n) is 5.13. The largest absolute Gasteiger partial charge is 0.206 e. The minimum Gasteiger partial charge on any atom is -0.206 e. The molecule has 30 heavy (non-hydrogen) atoms. The third-order valence-corrected chi connectivity index (χ3v) is 5.13. The first-order chi connectivity index (χ1) is 14.5. The fraction of sp³-hybridized carbons (Fsp3) is 0.185. The van der Waals surface area contributed by atoms with Gasteiger partial charge in [0.05, 0.1) is 0 Å². The van der Waals surface area contributed by atoms with Crippen LogP contribution in [0.3, 0.4) is 0 Å². The second kappa shape index (κ2) is 10.1. The molecule has 0 aromatic heterocycles. The lowest BCUT2D eigenvalue weighted by Gasteiger charge is -2.09. The molecule has 3 rings (SSSR count). The molecule has 0 atom stereocenters. The molecule has 0 aliphatic heterocycles. The lowest BCUT2D eigenvalue weighted by Crippen LogP contribution is -1.93. The van der Waals surface area contributed by atoms with Gasteiger partial charge in [-0.05, 0) is 55.2 Å². The molecule has 3 aromatic carbocycles. The summed E-state index contributed by atoms with van der Waals surface area (Å²) in [4.78, 5) is 0. The van der Waals surface area contributed by atoms with Gasteiger partial charge in [-0.1, -0.05) is 66.8 Å². The van der Waals surface area contributed by atoms with Gasteiger partial charge >= 0.3 is 0 Å². The maximum atomic E-state index is 15.0. The maximum Gasteiger partial charge on any atom is 0.169 e. The number of aryl methyl sites for hydroxylation is 2. The van der Waals surface area contributed by atoms with Crippen molar-refractivity contribution in [2.24, 2.45) is 0 Å². The highest BCUT2D eigenvalue weighted by atomic mass is 19.2. The summed E-state index contributed by atoms with van der Waals surface area (Å²) in [6, 6.07) is 14.8. The summed E-state index contributed by atoms with van der Waals surface area (Å²) in [7, 11) is 0. The van der Waals surface area contributed by atoms with Crippen molar-refractivity contribution in [3.05, 3.63) is 107 Å². The standard InChI is InChI=1S/C27H25F3/c1-3-5-7-9-19-10-13-21(14-11-19)25(28)27(30)24-17-15-22-18-20(8-6-4-2)12-16-23(22)26(24)29/h3-5,10-18H,2,6-9H2,1H3/b5-3+,27-25?. The van der Waals surface area contributed by atoms with Crippen LogP contribution in [0.25, 0.3) is 22.4 Å². The van der Waals surface area contributed by atoms with Gasteiger partial charge in [0.15, 0.2) is 11.7 Å². The molecule has 0 aliphatic carbocycles. The summed E-state index contributed by atoms with van der Waals surface area (Å²) in [5, 5.41) is 0.939. The predicted octanol–water partition coefficient (Wildman–Crippen LogP) is 8.37. The van der Waals surface area contributed by atoms with Crippen LogP contribution in [-0.2, 0) is 12.8 Å². The van der Waals surface area contributed by atoms with Crippen LogP contribution in [0.4, 0.5) is 13.2 Å². The predicted molar refractivity (Wildman–Crippen MR) is 121 cm³/mol. The van der Waals surface area contributed by atoms with E-state index in [1.54, 1.807) is 24.3 Å². The smallest absolute Gasteiger partial charge is 0.169 e. The highest BCUT2D eigenvalue weighted by Crippen LogP contribution is 2.33. The van der Waals surface area contributed by atoms with Gasteiger partial charge in [-0.2, -0.15) is 0 Å². The van der Waals surface area contributed by atoms with Crippen molar-refractivity contribution in [2.75, 3.05) is 0 Å². The molecule has 154 valence electrons. The first kappa shape index (κ1) is 21.6. The summed E-state index contributed by atoms with van der Waals surface area (Å²) < 4.78 is 44.5. The van der Waals surface area contributed by atoms with Crippen LogP contribution in [0.1, 0.15) is 42.0 Å². The van der Waals surface area contributed by atoms with E-state index in [-0.39, 0.29) is 16.5 Å². The van der Waals surface area contributed by atoms with Gasteiger partial charge < -0.3 is 0 Å². The number of benzene rings is 3. The first-order valence-electron chi connectivity index (χ1n) is 10.1. The highest BCUT2D eigenvalue weighted by molar-refractivity contribution is 5.91. The summed E-state index contributed by atoms with van der Waals surface area (Å²) in [6.45, 7) is 5.66. The second-order valence-corrected chi connectivity index (χ2v) is 7.24. The molecule has 0 saturated heterocycles. The Labute approximate surface area is 176 Å². The van der Waals surface area contributed by atoms with Crippen molar-refractivity contribution in [3.63, 3.8) is 0 Å². The van der Waals surface area contributed by atoms with Crippen molar-refractivity contribution in [3.8, 4) is 0 Å². The molecule has 0 unspecified atom stereocenters. The SMILES string of the molecule is C=CCCc1ccc2c(F)c(C(F)=C(F)c3ccc(CC/C=C/C)cc3)ccc2c1. The molecular weight excluding hydrogens is 381 g/mol. The zero-order valence-electron chi connectivity index (χ0n) is 17.1. The average Bonchev–Trinajstić information content (AvgIpc) is 2.77. The Morgan fingerprint density at radius 3 is 2.27 bits per heavy atom. The van der Waals surface area contributed by atoms with Gasteiger partial charge in [0, 0.05) is 16.5 Å². The molecule has 0 nitrogen and oxygen atoms in total. The van der Waals surface area contributed by atoms with Crippen LogP contribution in [-0.4, -0.2) is 0 Å². The first-order valence-corrected chi connectivity index (χ1v) is 10.1. The molecule has 0 spiro atoms. The van der Waals surface area contributed by atoms with Gasteiger partial charge in [-0.15, -0.1) is 6.58 Å². The van der Waals surface area contributed by atoms with Crippen LogP contribution >= 0.6 is 0 Å². The Bertz CT molecular complexity index is 1090. The quantitative estimate of drug-likeness (QED) is 0.260. The number of halogens is 3. The van der Waals surface area contributed by atoms with E-state index in [0.29, 0.717) is 5.39 Å². The van der Waals surface area contributed by atoms with Crippen molar-refractivity contribution in [1.82, 2.24) is 0 Å². The van der Waals surface area contributed by atoms with Crippen LogP contribution < -0.4 is 0 Å². The van der Waals surface area contributed by atoms with E-state index in [1.807, 2.05) is 31.2 Å². The van der Waals surface area contributed by atoms with Crippen molar-refractivity contribution >= 4 is 22.4 Å². The van der Waals surface area contributed by atoms with Gasteiger partial charge in [0.1, 0.15) is 5.82 Å². The lowest BCUT2D eigenvalue weighted by molar-refractivity contribution is 0.622. The molecule has 0 amide bonds. The Morgan fingerprint density at radius 2 is 1.57 bits per heavy atom. The van der Waals surface area contributed by atoms with E-state index < -0.39 is 17.5 Å². The van der Waals surface area contributed by atoms with E-state index in [2.05, 4.69) is 12.7 Å². The summed E-state index contributed by atoms with van der Waals surface area (Å²) in [6.07, 6.45) is 9.20. The molecule has 0 fully saturated rings. The molecule has 3 heteroatoms. The van der Waals surface area contributed by atoms with Crippen LogP contribution in [0, 0.1) is 5.82 Å². The minimum absolute atomic E-state index is 0.0987. The molecule has 0 saturated carbocycles. The van der Waals surface area contributed by atoms with Crippen LogP contribution in [0.2, 0.25) is 0 Å². The number of hydrogen-bond acceptors (Lipinski definition) is 0. The number of hydrogen-bond donors (Lipinski definition) is 0. The topological polar surface area (TPSA) is 0 Å². The lowest BCUT2D eigenvalue weighted by atomic mass is 10.00. The molecule has 3 aromatic rings. The Morgan fingerprint density at radius 1 is 0.867 bits per heavy atom. The van der Waals surface area contributed by atoms with Crippen LogP contribution in [0.15, 0.2) is 79.4 Å². The van der Waals surface area contributed by atoms with Gasteiger partial charge in [0.25, 0.3) is 0 Å². The molecule has 0 aliphatic rings. The third kappa shape index (κ3) is 4.91. The summed E-state index contributed by atoms with van der Waals surface area (Å²) in [5.41, 5.74) is 1.82. The van der Waals surface area contributed by atoms with Crippen molar-refractivity contribution in [1.29, 1.82) is 0 Å². The highest BCUT2D eigenvalue weighted by Gasteiger charge is 2.17. The number of rotatable bonds is 8. The van der Waals surface area contributed by atoms with E-state index >= 15 is 0 Å². The van der Waals surface area contributed by atoms with Crippen molar-refractivity contribution < 1.29 is 13.2 Å². The Balaban J connectivity index is 1.90. The zero-order valence-corrected chi connectivity index (χ0v) is 17.1. The number of fused-ring (bicyclic) bond motifs is 1. The van der Waals surface area contributed by atoms with E-state index in [4.69, 9.17) is 0 Å². The molecular formula is C27H25F3. The summed E-state index contributed by atoms with van der Waals surface area (Å²) in [5.74, 6) is -3.00. The van der Waals surface area contributed by atoms with Crippen LogP contribution in [0.5, 0.6) is 0 Å². The summed E-state index contributed by atoms with van der Waals surface area (Å²) >= 11 is 0. The Kier molecular flexibility index (Phi) is 7.29. The average molecular weight is 406 g/mol. The van der Waals surface area contributed by atoms with E-state index in [0.717, 1.165) is 36.8 Å².